The van der Waals surface area contributed by atoms with E-state index in [0.29, 0.717) is 16.3 Å². The maximum absolute atomic E-state index is 14.7. The number of Topliss-reactive ketones (excluding diaryl/α,β-unsaturated/α-hetero) is 1. The largest absolute Gasteiger partial charge is 0.507 e. The van der Waals surface area contributed by atoms with Crippen molar-refractivity contribution in [3.05, 3.63) is 106 Å². The van der Waals surface area contributed by atoms with Gasteiger partial charge >= 0.3 is 0 Å². The molecule has 29 heavy (non-hydrogen) atoms. The molecule has 0 saturated carbocycles. The first-order valence-corrected chi connectivity index (χ1v) is 9.23. The van der Waals surface area contributed by atoms with Crippen molar-refractivity contribution in [2.24, 2.45) is 0 Å². The number of carbonyl (C=O) groups excluding carboxylic acids is 2. The van der Waals surface area contributed by atoms with E-state index >= 15 is 0 Å². The molecule has 1 aliphatic heterocycles. The van der Waals surface area contributed by atoms with Gasteiger partial charge in [0.25, 0.3) is 11.7 Å². The standard InChI is InChI=1S/C23H15ClFNO3/c24-15-12-10-14(11-13-15)21(27)19-20(17-8-4-5-9-18(17)25)26(23(29)22(19)28)16-6-2-1-3-7-16/h1-13,20,27H/b21-19+. The molecule has 0 aliphatic carbocycles. The lowest BCUT2D eigenvalue weighted by molar-refractivity contribution is -0.132. The van der Waals surface area contributed by atoms with Crippen molar-refractivity contribution < 1.29 is 19.1 Å². The van der Waals surface area contributed by atoms with Gasteiger partial charge < -0.3 is 5.11 Å². The van der Waals surface area contributed by atoms with Gasteiger partial charge in [-0.2, -0.15) is 0 Å². The molecular formula is C23H15ClFNO3. The minimum absolute atomic E-state index is 0.117. The van der Waals surface area contributed by atoms with Crippen molar-refractivity contribution in [2.45, 2.75) is 6.04 Å². The highest BCUT2D eigenvalue weighted by Gasteiger charge is 2.47. The number of hydrogen-bond donors (Lipinski definition) is 1. The second-order valence-electron chi connectivity index (χ2n) is 6.53. The number of ketones is 1. The Morgan fingerprint density at radius 3 is 2.17 bits per heavy atom. The molecule has 1 aliphatic rings. The molecule has 1 unspecified atom stereocenters. The van der Waals surface area contributed by atoms with Crippen molar-refractivity contribution >= 4 is 34.7 Å². The van der Waals surface area contributed by atoms with Crippen LogP contribution in [0.2, 0.25) is 5.02 Å². The van der Waals surface area contributed by atoms with Crippen LogP contribution in [0.25, 0.3) is 5.76 Å². The third-order valence-corrected chi connectivity index (χ3v) is 5.05. The molecule has 4 rings (SSSR count). The summed E-state index contributed by atoms with van der Waals surface area (Å²) in [5.41, 5.74) is 0.678. The Morgan fingerprint density at radius 1 is 0.897 bits per heavy atom. The van der Waals surface area contributed by atoms with Crippen molar-refractivity contribution in [3.63, 3.8) is 0 Å². The topological polar surface area (TPSA) is 57.6 Å². The van der Waals surface area contributed by atoms with Gasteiger partial charge in [0.1, 0.15) is 11.6 Å². The minimum Gasteiger partial charge on any atom is -0.507 e. The van der Waals surface area contributed by atoms with E-state index in [4.69, 9.17) is 11.6 Å². The Kier molecular flexibility index (Phi) is 4.91. The molecule has 1 atom stereocenters. The summed E-state index contributed by atoms with van der Waals surface area (Å²) in [5, 5.41) is 11.4. The number of hydrogen-bond acceptors (Lipinski definition) is 3. The van der Waals surface area contributed by atoms with E-state index < -0.39 is 23.5 Å². The fourth-order valence-corrected chi connectivity index (χ4v) is 3.57. The van der Waals surface area contributed by atoms with E-state index in [-0.39, 0.29) is 16.9 Å². The molecule has 1 amide bonds. The number of para-hydroxylation sites is 1. The number of aliphatic hydroxyl groups is 1. The van der Waals surface area contributed by atoms with Gasteiger partial charge in [-0.25, -0.2) is 4.39 Å². The fourth-order valence-electron chi connectivity index (χ4n) is 3.44. The summed E-state index contributed by atoms with van der Waals surface area (Å²) in [7, 11) is 0. The predicted octanol–water partition coefficient (Wildman–Crippen LogP) is 5.11. The third-order valence-electron chi connectivity index (χ3n) is 4.80. The highest BCUT2D eigenvalue weighted by molar-refractivity contribution is 6.51. The lowest BCUT2D eigenvalue weighted by atomic mass is 9.94. The van der Waals surface area contributed by atoms with Crippen LogP contribution in [0.1, 0.15) is 17.2 Å². The Morgan fingerprint density at radius 2 is 1.52 bits per heavy atom. The maximum atomic E-state index is 14.7. The van der Waals surface area contributed by atoms with Crippen LogP contribution in [0.4, 0.5) is 10.1 Å². The number of halogens is 2. The summed E-state index contributed by atoms with van der Waals surface area (Å²) in [6, 6.07) is 19.5. The van der Waals surface area contributed by atoms with E-state index in [1.165, 1.54) is 35.2 Å². The molecule has 0 bridgehead atoms. The molecular weight excluding hydrogens is 393 g/mol. The quantitative estimate of drug-likeness (QED) is 0.373. The number of carbonyl (C=O) groups is 2. The molecule has 1 fully saturated rings. The molecule has 0 spiro atoms. The summed E-state index contributed by atoms with van der Waals surface area (Å²) in [4.78, 5) is 27.0. The molecule has 3 aromatic carbocycles. The average Bonchev–Trinajstić information content (AvgIpc) is 3.00. The van der Waals surface area contributed by atoms with Gasteiger partial charge in [0, 0.05) is 21.8 Å². The van der Waals surface area contributed by atoms with Crippen LogP contribution in [0, 0.1) is 5.82 Å². The summed E-state index contributed by atoms with van der Waals surface area (Å²) in [5.74, 6) is -2.68. The van der Waals surface area contributed by atoms with Crippen molar-refractivity contribution in [3.8, 4) is 0 Å². The second-order valence-corrected chi connectivity index (χ2v) is 6.97. The van der Waals surface area contributed by atoms with Gasteiger partial charge in [0.2, 0.25) is 0 Å². The van der Waals surface area contributed by atoms with Crippen molar-refractivity contribution in [2.75, 3.05) is 4.90 Å². The number of benzene rings is 3. The Hall–Kier alpha value is -3.44. The summed E-state index contributed by atoms with van der Waals surface area (Å²) in [6.07, 6.45) is 0. The predicted molar refractivity (Wildman–Crippen MR) is 109 cm³/mol. The van der Waals surface area contributed by atoms with Gasteiger partial charge in [-0.15, -0.1) is 0 Å². The van der Waals surface area contributed by atoms with Crippen molar-refractivity contribution in [1.29, 1.82) is 0 Å². The van der Waals surface area contributed by atoms with Gasteiger partial charge in [-0.05, 0) is 42.5 Å². The highest BCUT2D eigenvalue weighted by atomic mass is 35.5. The molecule has 0 radical (unpaired) electrons. The molecule has 4 nitrogen and oxygen atoms in total. The van der Waals surface area contributed by atoms with E-state index in [9.17, 15) is 19.1 Å². The third kappa shape index (κ3) is 3.30. The maximum Gasteiger partial charge on any atom is 0.300 e. The number of aliphatic hydroxyl groups excluding tert-OH is 1. The SMILES string of the molecule is O=C1C(=O)N(c2ccccc2)C(c2ccccc2F)/C1=C(\O)c1ccc(Cl)cc1. The molecule has 6 heteroatoms. The Labute approximate surface area is 171 Å². The fraction of sp³-hybridized carbons (Fsp3) is 0.0435. The van der Waals surface area contributed by atoms with Crippen molar-refractivity contribution in [1.82, 2.24) is 0 Å². The highest BCUT2D eigenvalue weighted by Crippen LogP contribution is 2.42. The molecule has 1 N–H and O–H groups in total. The number of anilines is 1. The monoisotopic (exact) mass is 407 g/mol. The van der Waals surface area contributed by atoms with E-state index in [2.05, 4.69) is 0 Å². The van der Waals surface area contributed by atoms with E-state index in [1.54, 1.807) is 48.5 Å². The van der Waals surface area contributed by atoms with Gasteiger partial charge in [-0.3, -0.25) is 14.5 Å². The zero-order valence-electron chi connectivity index (χ0n) is 15.0. The first kappa shape index (κ1) is 18.9. The van der Waals surface area contributed by atoms with Crippen LogP contribution in [0.15, 0.2) is 84.4 Å². The molecule has 0 aromatic heterocycles. The Bertz CT molecular complexity index is 1130. The first-order chi connectivity index (χ1) is 14.0. The second kappa shape index (κ2) is 7.53. The molecule has 144 valence electrons. The molecule has 1 heterocycles. The summed E-state index contributed by atoms with van der Waals surface area (Å²) >= 11 is 5.90. The van der Waals surface area contributed by atoms with E-state index in [0.717, 1.165) is 0 Å². The number of amides is 1. The lowest BCUT2D eigenvalue weighted by Gasteiger charge is -2.25. The number of rotatable bonds is 3. The van der Waals surface area contributed by atoms with Crippen LogP contribution in [-0.4, -0.2) is 16.8 Å². The molecule has 3 aromatic rings. The van der Waals surface area contributed by atoms with Crippen LogP contribution in [-0.2, 0) is 9.59 Å². The smallest absolute Gasteiger partial charge is 0.300 e. The summed E-state index contributed by atoms with van der Waals surface area (Å²) < 4.78 is 14.7. The average molecular weight is 408 g/mol. The normalized spacial score (nSPS) is 18.3. The van der Waals surface area contributed by atoms with Crippen LogP contribution >= 0.6 is 11.6 Å². The lowest BCUT2D eigenvalue weighted by Crippen LogP contribution is -2.29. The van der Waals surface area contributed by atoms with Gasteiger partial charge in [0.05, 0.1) is 11.6 Å². The summed E-state index contributed by atoms with van der Waals surface area (Å²) in [6.45, 7) is 0. The minimum atomic E-state index is -1.10. The Balaban J connectivity index is 1.97. The molecule has 1 saturated heterocycles. The number of nitrogens with zero attached hydrogens (tertiary/aromatic N) is 1. The zero-order chi connectivity index (χ0) is 20.5. The van der Waals surface area contributed by atoms with Crippen LogP contribution in [0.3, 0.4) is 0 Å². The van der Waals surface area contributed by atoms with Crippen LogP contribution < -0.4 is 4.90 Å². The first-order valence-electron chi connectivity index (χ1n) is 8.85. The van der Waals surface area contributed by atoms with Gasteiger partial charge in [-0.1, -0.05) is 48.0 Å². The zero-order valence-corrected chi connectivity index (χ0v) is 15.8. The van der Waals surface area contributed by atoms with E-state index in [1.807, 2.05) is 0 Å². The van der Waals surface area contributed by atoms with Gasteiger partial charge in [0.15, 0.2) is 0 Å². The van der Waals surface area contributed by atoms with Crippen LogP contribution in [0.5, 0.6) is 0 Å².